The summed E-state index contributed by atoms with van der Waals surface area (Å²) in [6.07, 6.45) is 10.6. The smallest absolute Gasteiger partial charge is 0.259 e. The number of ether oxygens (including phenoxy) is 1. The van der Waals surface area contributed by atoms with Crippen LogP contribution in [-0.4, -0.2) is 50.7 Å². The highest BCUT2D eigenvalue weighted by atomic mass is 16.5. The minimum Gasteiger partial charge on any atom is -0.375 e. The summed E-state index contributed by atoms with van der Waals surface area (Å²) in [5.74, 6) is 0.0337. The van der Waals surface area contributed by atoms with Gasteiger partial charge in [-0.15, -0.1) is 0 Å². The van der Waals surface area contributed by atoms with Crippen molar-refractivity contribution in [2.24, 2.45) is 0 Å². The van der Waals surface area contributed by atoms with E-state index in [1.54, 1.807) is 16.9 Å². The molecule has 4 rings (SSSR count). The highest BCUT2D eigenvalue weighted by Gasteiger charge is 2.37. The third-order valence-corrected chi connectivity index (χ3v) is 5.09. The van der Waals surface area contributed by atoms with Gasteiger partial charge in [-0.1, -0.05) is 0 Å². The van der Waals surface area contributed by atoms with Crippen LogP contribution in [-0.2, 0) is 4.74 Å². The van der Waals surface area contributed by atoms with Crippen LogP contribution in [0.3, 0.4) is 0 Å². The molecule has 6 nitrogen and oxygen atoms in total. The zero-order chi connectivity index (χ0) is 15.9. The zero-order valence-corrected chi connectivity index (χ0v) is 13.5. The zero-order valence-electron chi connectivity index (χ0n) is 13.5. The molecule has 0 bridgehead atoms. The van der Waals surface area contributed by atoms with Crippen molar-refractivity contribution >= 4 is 11.6 Å². The van der Waals surface area contributed by atoms with Crippen molar-refractivity contribution in [2.75, 3.05) is 19.7 Å². The fourth-order valence-corrected chi connectivity index (χ4v) is 3.81. The lowest BCUT2D eigenvalue weighted by molar-refractivity contribution is -0.00691. The average Bonchev–Trinajstić information content (AvgIpc) is 3.10. The van der Waals surface area contributed by atoms with Crippen molar-refractivity contribution in [1.29, 1.82) is 0 Å². The van der Waals surface area contributed by atoms with Gasteiger partial charge in [-0.05, 0) is 44.6 Å². The minimum atomic E-state index is 0.0193. The fourth-order valence-electron chi connectivity index (χ4n) is 3.81. The van der Waals surface area contributed by atoms with Crippen molar-refractivity contribution in [2.45, 2.75) is 44.6 Å². The van der Waals surface area contributed by atoms with E-state index in [4.69, 9.17) is 4.74 Å². The van der Waals surface area contributed by atoms with Gasteiger partial charge in [0.25, 0.3) is 5.91 Å². The summed E-state index contributed by atoms with van der Waals surface area (Å²) in [5.41, 5.74) is 2.27. The number of hydrogen-bond acceptors (Lipinski definition) is 4. The van der Waals surface area contributed by atoms with Crippen molar-refractivity contribution in [3.8, 4) is 0 Å². The Morgan fingerprint density at radius 3 is 2.91 bits per heavy atom. The molecule has 122 valence electrons. The van der Waals surface area contributed by atoms with Gasteiger partial charge in [0.05, 0.1) is 11.8 Å². The van der Waals surface area contributed by atoms with Gasteiger partial charge in [0.2, 0.25) is 0 Å². The Morgan fingerprint density at radius 2 is 2.09 bits per heavy atom. The molecule has 0 saturated carbocycles. The summed E-state index contributed by atoms with van der Waals surface area (Å²) in [6.45, 7) is 4.37. The Bertz CT molecular complexity index is 733. The third-order valence-electron chi connectivity index (χ3n) is 5.09. The van der Waals surface area contributed by atoms with Crippen LogP contribution in [0.5, 0.6) is 0 Å². The number of amides is 1. The molecular formula is C17H22N4O2. The second-order valence-corrected chi connectivity index (χ2v) is 6.74. The molecule has 1 spiro atoms. The van der Waals surface area contributed by atoms with Crippen molar-refractivity contribution in [1.82, 2.24) is 19.5 Å². The number of nitrogens with zero attached hydrogens (tertiary/aromatic N) is 4. The van der Waals surface area contributed by atoms with Crippen LogP contribution in [0.15, 0.2) is 18.6 Å². The summed E-state index contributed by atoms with van der Waals surface area (Å²) in [5, 5.41) is 4.27. The number of hydrogen-bond donors (Lipinski definition) is 0. The Hall–Kier alpha value is -1.95. The number of aryl methyl sites for hydroxylation is 1. The van der Waals surface area contributed by atoms with E-state index in [9.17, 15) is 4.79 Å². The van der Waals surface area contributed by atoms with Gasteiger partial charge in [-0.3, -0.25) is 4.79 Å². The van der Waals surface area contributed by atoms with Crippen LogP contribution in [0.2, 0.25) is 0 Å². The molecule has 2 aliphatic rings. The van der Waals surface area contributed by atoms with E-state index in [-0.39, 0.29) is 11.5 Å². The summed E-state index contributed by atoms with van der Waals surface area (Å²) < 4.78 is 7.68. The predicted octanol–water partition coefficient (Wildman–Crippen LogP) is 2.21. The molecule has 1 amide bonds. The molecule has 2 fully saturated rings. The van der Waals surface area contributed by atoms with Crippen LogP contribution in [0.1, 0.15) is 48.0 Å². The first-order chi connectivity index (χ1) is 11.2. The molecule has 2 saturated heterocycles. The van der Waals surface area contributed by atoms with Gasteiger partial charge < -0.3 is 9.64 Å². The molecular weight excluding hydrogens is 292 g/mol. The maximum absolute atomic E-state index is 12.9. The number of fused-ring (bicyclic) bond motifs is 1. The van der Waals surface area contributed by atoms with E-state index in [0.29, 0.717) is 11.2 Å². The lowest BCUT2D eigenvalue weighted by Crippen LogP contribution is -2.34. The fraction of sp³-hybridized carbons (Fsp3) is 0.588. The van der Waals surface area contributed by atoms with E-state index < -0.39 is 0 Å². The number of likely N-dealkylation sites (tertiary alicyclic amines) is 1. The normalized spacial score (nSPS) is 25.2. The van der Waals surface area contributed by atoms with E-state index >= 15 is 0 Å². The monoisotopic (exact) mass is 314 g/mol. The highest BCUT2D eigenvalue weighted by Crippen LogP contribution is 2.35. The maximum Gasteiger partial charge on any atom is 0.259 e. The van der Waals surface area contributed by atoms with Crippen molar-refractivity contribution in [3.05, 3.63) is 29.7 Å². The van der Waals surface area contributed by atoms with Crippen molar-refractivity contribution < 1.29 is 9.53 Å². The molecule has 0 aliphatic carbocycles. The number of rotatable bonds is 1. The van der Waals surface area contributed by atoms with Gasteiger partial charge in [0.1, 0.15) is 5.56 Å². The number of aromatic nitrogens is 3. The molecule has 0 unspecified atom stereocenters. The summed E-state index contributed by atoms with van der Waals surface area (Å²) in [4.78, 5) is 19.2. The molecule has 2 aromatic rings. The number of carbonyl (C=O) groups excluding carboxylic acids is 1. The van der Waals surface area contributed by atoms with Gasteiger partial charge in [0, 0.05) is 32.1 Å². The van der Waals surface area contributed by atoms with E-state index in [1.165, 1.54) is 0 Å². The lowest BCUT2D eigenvalue weighted by Gasteiger charge is -2.26. The molecule has 1 atom stereocenters. The Labute approximate surface area is 135 Å². The Balaban J connectivity index is 1.56. The number of carbonyl (C=O) groups is 1. The quantitative estimate of drug-likeness (QED) is 0.810. The molecule has 6 heteroatoms. The van der Waals surface area contributed by atoms with Crippen LogP contribution < -0.4 is 0 Å². The standard InChI is InChI=1S/C17H22N4O2/c1-13-10-18-15-14(11-19-21(15)12-13)16(22)20-7-2-4-17(6-8-20)5-3-9-23-17/h10-12H,2-9H2,1H3/t17-/m1/s1. The largest absolute Gasteiger partial charge is 0.375 e. The second kappa shape index (κ2) is 5.60. The summed E-state index contributed by atoms with van der Waals surface area (Å²) in [7, 11) is 0. The SMILES string of the molecule is Cc1cnc2c(C(=O)N3CCC[C@@]4(CCCO4)CC3)cnn2c1. The molecule has 4 heterocycles. The lowest BCUT2D eigenvalue weighted by atomic mass is 9.92. The predicted molar refractivity (Wildman–Crippen MR) is 85.4 cm³/mol. The van der Waals surface area contributed by atoms with Crippen molar-refractivity contribution in [3.63, 3.8) is 0 Å². The first kappa shape index (κ1) is 14.6. The Kier molecular flexibility index (Phi) is 3.56. The van der Waals surface area contributed by atoms with Crippen LogP contribution in [0.25, 0.3) is 5.65 Å². The second-order valence-electron chi connectivity index (χ2n) is 6.74. The van der Waals surface area contributed by atoms with Crippen LogP contribution in [0.4, 0.5) is 0 Å². The van der Waals surface area contributed by atoms with Gasteiger partial charge in [-0.2, -0.15) is 5.10 Å². The van der Waals surface area contributed by atoms with E-state index in [0.717, 1.165) is 57.4 Å². The van der Waals surface area contributed by atoms with Gasteiger partial charge in [-0.25, -0.2) is 9.50 Å². The first-order valence-electron chi connectivity index (χ1n) is 8.40. The van der Waals surface area contributed by atoms with E-state index in [1.807, 2.05) is 18.0 Å². The first-order valence-corrected chi connectivity index (χ1v) is 8.40. The highest BCUT2D eigenvalue weighted by molar-refractivity contribution is 5.99. The van der Waals surface area contributed by atoms with Crippen LogP contribution >= 0.6 is 0 Å². The minimum absolute atomic E-state index is 0.0193. The van der Waals surface area contributed by atoms with Gasteiger partial charge in [0.15, 0.2) is 5.65 Å². The molecule has 2 aliphatic heterocycles. The summed E-state index contributed by atoms with van der Waals surface area (Å²) in [6, 6.07) is 0. The third kappa shape index (κ3) is 2.61. The molecule has 0 radical (unpaired) electrons. The molecule has 0 aromatic carbocycles. The molecule has 2 aromatic heterocycles. The average molecular weight is 314 g/mol. The van der Waals surface area contributed by atoms with Gasteiger partial charge >= 0.3 is 0 Å². The van der Waals surface area contributed by atoms with Crippen LogP contribution in [0, 0.1) is 6.92 Å². The summed E-state index contributed by atoms with van der Waals surface area (Å²) >= 11 is 0. The maximum atomic E-state index is 12.9. The molecule has 23 heavy (non-hydrogen) atoms. The molecule has 0 N–H and O–H groups in total. The van der Waals surface area contributed by atoms with E-state index in [2.05, 4.69) is 10.1 Å². The topological polar surface area (TPSA) is 59.7 Å². The Morgan fingerprint density at radius 1 is 1.22 bits per heavy atom.